The summed E-state index contributed by atoms with van der Waals surface area (Å²) in [4.78, 5) is 19.7. The molecule has 3 aromatic rings. The molecule has 2 aliphatic rings. The highest BCUT2D eigenvalue weighted by atomic mass is 19.3. The summed E-state index contributed by atoms with van der Waals surface area (Å²) >= 11 is 0. The maximum atomic E-state index is 12.7. The lowest BCUT2D eigenvalue weighted by molar-refractivity contribution is 0.123. The van der Waals surface area contributed by atoms with Crippen molar-refractivity contribution >= 4 is 22.8 Å². The van der Waals surface area contributed by atoms with Crippen LogP contribution in [0.4, 0.5) is 20.4 Å². The molecule has 2 atom stereocenters. The molecule has 4 heterocycles. The van der Waals surface area contributed by atoms with Crippen molar-refractivity contribution in [2.45, 2.75) is 31.9 Å². The van der Waals surface area contributed by atoms with Gasteiger partial charge in [0.15, 0.2) is 11.5 Å². The number of fused-ring (bicyclic) bond motifs is 2. The van der Waals surface area contributed by atoms with Crippen molar-refractivity contribution in [3.05, 3.63) is 24.8 Å². The van der Waals surface area contributed by atoms with Crippen LogP contribution < -0.4 is 15.0 Å². The van der Waals surface area contributed by atoms with Crippen molar-refractivity contribution in [1.82, 2.24) is 29.7 Å². The number of alkyl halides is 2. The number of hydrogen-bond acceptors (Lipinski definition) is 8. The van der Waals surface area contributed by atoms with Gasteiger partial charge in [0.1, 0.15) is 17.9 Å². The smallest absolute Gasteiger partial charge is 0.258 e. The third-order valence-corrected chi connectivity index (χ3v) is 5.90. The summed E-state index contributed by atoms with van der Waals surface area (Å²) in [6.07, 6.45) is 5.93. The fourth-order valence-electron chi connectivity index (χ4n) is 4.66. The van der Waals surface area contributed by atoms with Crippen LogP contribution in [-0.2, 0) is 6.54 Å². The summed E-state index contributed by atoms with van der Waals surface area (Å²) in [5, 5.41) is 7.40. The van der Waals surface area contributed by atoms with Gasteiger partial charge in [-0.1, -0.05) is 0 Å². The minimum absolute atomic E-state index is 0.268. The first-order chi connectivity index (χ1) is 14.6. The lowest BCUT2D eigenvalue weighted by Crippen LogP contribution is -2.26. The maximum absolute atomic E-state index is 12.7. The predicted octanol–water partition coefficient (Wildman–Crippen LogP) is 2.22. The molecule has 2 fully saturated rings. The molecule has 1 aliphatic heterocycles. The van der Waals surface area contributed by atoms with E-state index in [4.69, 9.17) is 4.74 Å². The van der Waals surface area contributed by atoms with Crippen LogP contribution in [0.3, 0.4) is 0 Å². The SMILES string of the molecule is COc1nccnc1N1CC2CC(Nc3cnc4cnn(CC(F)F)c4n3)CC2C1. The molecule has 1 saturated heterocycles. The number of rotatable bonds is 6. The minimum atomic E-state index is -2.49. The molecule has 0 bridgehead atoms. The quantitative estimate of drug-likeness (QED) is 0.654. The van der Waals surface area contributed by atoms with Gasteiger partial charge in [-0.25, -0.2) is 33.4 Å². The summed E-state index contributed by atoms with van der Waals surface area (Å²) < 4.78 is 32.0. The van der Waals surface area contributed by atoms with E-state index in [1.807, 2.05) is 0 Å². The van der Waals surface area contributed by atoms with E-state index in [1.54, 1.807) is 25.7 Å². The van der Waals surface area contributed by atoms with E-state index < -0.39 is 13.0 Å². The lowest BCUT2D eigenvalue weighted by atomic mass is 10.0. The largest absolute Gasteiger partial charge is 0.478 e. The van der Waals surface area contributed by atoms with Gasteiger partial charge in [-0.2, -0.15) is 5.10 Å². The molecule has 1 aliphatic carbocycles. The summed E-state index contributed by atoms with van der Waals surface area (Å²) in [5.74, 6) is 3.01. The zero-order chi connectivity index (χ0) is 20.7. The van der Waals surface area contributed by atoms with Crippen molar-refractivity contribution in [3.8, 4) is 5.88 Å². The van der Waals surface area contributed by atoms with Gasteiger partial charge in [0.05, 0.1) is 19.5 Å². The average molecular weight is 416 g/mol. The molecule has 5 rings (SSSR count). The number of nitrogens with zero attached hydrogens (tertiary/aromatic N) is 7. The first kappa shape index (κ1) is 18.9. The average Bonchev–Trinajstić information content (AvgIpc) is 3.41. The van der Waals surface area contributed by atoms with E-state index in [0.717, 1.165) is 31.7 Å². The highest BCUT2D eigenvalue weighted by Crippen LogP contribution is 2.41. The Balaban J connectivity index is 1.25. The predicted molar refractivity (Wildman–Crippen MR) is 106 cm³/mol. The molecule has 3 aromatic heterocycles. The second-order valence-corrected chi connectivity index (χ2v) is 7.81. The fraction of sp³-hybridized carbons (Fsp3) is 0.526. The Kier molecular flexibility index (Phi) is 4.80. The molecule has 11 heteroatoms. The molecular weight excluding hydrogens is 394 g/mol. The summed E-state index contributed by atoms with van der Waals surface area (Å²) in [5.41, 5.74) is 0.887. The van der Waals surface area contributed by atoms with Gasteiger partial charge in [-0.3, -0.25) is 0 Å². The molecule has 0 amide bonds. The Morgan fingerprint density at radius 3 is 2.63 bits per heavy atom. The first-order valence-electron chi connectivity index (χ1n) is 9.94. The monoisotopic (exact) mass is 416 g/mol. The summed E-state index contributed by atoms with van der Waals surface area (Å²) in [6.45, 7) is 1.32. The highest BCUT2D eigenvalue weighted by Gasteiger charge is 2.42. The van der Waals surface area contributed by atoms with Crippen LogP contribution in [0, 0.1) is 11.8 Å². The van der Waals surface area contributed by atoms with Gasteiger partial charge in [0.25, 0.3) is 12.3 Å². The number of nitrogens with one attached hydrogen (secondary N) is 1. The molecule has 0 spiro atoms. The molecule has 0 aromatic carbocycles. The van der Waals surface area contributed by atoms with Crippen LogP contribution in [0.15, 0.2) is 24.8 Å². The third-order valence-electron chi connectivity index (χ3n) is 5.90. The minimum Gasteiger partial charge on any atom is -0.478 e. The van der Waals surface area contributed by atoms with Crippen molar-refractivity contribution in [1.29, 1.82) is 0 Å². The molecule has 1 saturated carbocycles. The van der Waals surface area contributed by atoms with E-state index in [1.165, 1.54) is 10.9 Å². The van der Waals surface area contributed by atoms with Crippen LogP contribution in [0.25, 0.3) is 11.2 Å². The van der Waals surface area contributed by atoms with Gasteiger partial charge in [0, 0.05) is 31.5 Å². The molecule has 0 radical (unpaired) electrons. The lowest BCUT2D eigenvalue weighted by Gasteiger charge is -2.21. The van der Waals surface area contributed by atoms with Crippen LogP contribution in [0.1, 0.15) is 12.8 Å². The van der Waals surface area contributed by atoms with Crippen LogP contribution in [0.2, 0.25) is 0 Å². The standard InChI is InChI=1S/C19H22F2N8O/c1-30-19-18(22-2-3-23-19)28-8-11-4-13(5-12(11)9-28)26-16-7-24-14-6-25-29(10-15(20)21)17(14)27-16/h2-3,6-7,11-13,15H,4-5,8-10H2,1H3,(H,26,27). The van der Waals surface area contributed by atoms with E-state index in [2.05, 4.69) is 35.3 Å². The zero-order valence-electron chi connectivity index (χ0n) is 16.4. The number of halogens is 2. The number of methoxy groups -OCH3 is 1. The molecule has 158 valence electrons. The topological polar surface area (TPSA) is 93.9 Å². The van der Waals surface area contributed by atoms with E-state index in [9.17, 15) is 8.78 Å². The Bertz CT molecular complexity index is 1030. The van der Waals surface area contributed by atoms with Crippen molar-refractivity contribution < 1.29 is 13.5 Å². The number of anilines is 2. The van der Waals surface area contributed by atoms with Crippen LogP contribution >= 0.6 is 0 Å². The second kappa shape index (κ2) is 7.62. The van der Waals surface area contributed by atoms with E-state index >= 15 is 0 Å². The normalized spacial score (nSPS) is 23.3. The molecular formula is C19H22F2N8O. The first-order valence-corrected chi connectivity index (χ1v) is 9.94. The fourth-order valence-corrected chi connectivity index (χ4v) is 4.66. The maximum Gasteiger partial charge on any atom is 0.258 e. The van der Waals surface area contributed by atoms with Gasteiger partial charge < -0.3 is 15.0 Å². The Labute approximate surface area is 171 Å². The van der Waals surface area contributed by atoms with Gasteiger partial charge >= 0.3 is 0 Å². The van der Waals surface area contributed by atoms with Crippen LogP contribution in [0.5, 0.6) is 5.88 Å². The highest BCUT2D eigenvalue weighted by molar-refractivity contribution is 5.71. The molecule has 30 heavy (non-hydrogen) atoms. The van der Waals surface area contributed by atoms with Crippen molar-refractivity contribution in [2.24, 2.45) is 11.8 Å². The summed E-state index contributed by atoms with van der Waals surface area (Å²) in [6, 6.07) is 0.268. The van der Waals surface area contributed by atoms with E-state index in [0.29, 0.717) is 34.7 Å². The van der Waals surface area contributed by atoms with Gasteiger partial charge in [-0.15, -0.1) is 0 Å². The second-order valence-electron chi connectivity index (χ2n) is 7.81. The zero-order valence-corrected chi connectivity index (χ0v) is 16.4. The van der Waals surface area contributed by atoms with Crippen LogP contribution in [-0.4, -0.2) is 62.4 Å². The van der Waals surface area contributed by atoms with E-state index in [-0.39, 0.29) is 6.04 Å². The Hall–Kier alpha value is -3.11. The van der Waals surface area contributed by atoms with Gasteiger partial charge in [-0.05, 0) is 24.7 Å². The van der Waals surface area contributed by atoms with Crippen molar-refractivity contribution in [3.63, 3.8) is 0 Å². The molecule has 9 nitrogen and oxygen atoms in total. The number of ether oxygens (including phenoxy) is 1. The molecule has 2 unspecified atom stereocenters. The Morgan fingerprint density at radius 1 is 1.13 bits per heavy atom. The summed E-state index contributed by atoms with van der Waals surface area (Å²) in [7, 11) is 1.61. The third kappa shape index (κ3) is 3.48. The Morgan fingerprint density at radius 2 is 1.90 bits per heavy atom. The number of aromatic nitrogens is 6. The molecule has 1 N–H and O–H groups in total. The van der Waals surface area contributed by atoms with Crippen molar-refractivity contribution in [2.75, 3.05) is 30.4 Å². The van der Waals surface area contributed by atoms with Gasteiger partial charge in [0.2, 0.25) is 0 Å². The number of hydrogen-bond donors (Lipinski definition) is 1.